The molecule has 1 nitrogen and oxygen atoms in total. The lowest BCUT2D eigenvalue weighted by Crippen LogP contribution is -2.15. The van der Waals surface area contributed by atoms with Crippen molar-refractivity contribution in [3.05, 3.63) is 0 Å². The first kappa shape index (κ1) is 32.9. The Kier molecular flexibility index (Phi) is 38.1. The minimum atomic E-state index is 0. The Morgan fingerprint density at radius 2 is 1.00 bits per heavy atom. The number of rotatable bonds is 0. The molecule has 0 atom stereocenters. The molecule has 0 fully saturated rings. The Balaban J connectivity index is -0.0000000208. The van der Waals surface area contributed by atoms with Crippen LogP contribution in [0, 0.1) is 0 Å². The molecule has 0 rings (SSSR count). The molecule has 0 aliphatic rings. The zero-order chi connectivity index (χ0) is 5.21. The number of hydrogen-bond acceptors (Lipinski definition) is 1. The summed E-state index contributed by atoms with van der Waals surface area (Å²) in [5.41, 5.74) is 0.0417. The fourth-order valence-corrected chi connectivity index (χ4v) is 0. The van der Waals surface area contributed by atoms with Crippen molar-refractivity contribution in [2.45, 2.75) is 26.4 Å². The molecule has 0 aromatic heterocycles. The van der Waals surface area contributed by atoms with Gasteiger partial charge < -0.3 is 4.74 Å². The van der Waals surface area contributed by atoms with Crippen LogP contribution in [0.5, 0.6) is 0 Å². The maximum absolute atomic E-state index is 4.94. The average Bonchev–Trinajstić information content (AvgIpc) is 1.35. The van der Waals surface area contributed by atoms with Gasteiger partial charge in [0.25, 0.3) is 0 Å². The molecule has 0 amide bonds. The first-order valence-electron chi connectivity index (χ1n) is 2.11. The van der Waals surface area contributed by atoms with Crippen molar-refractivity contribution < 1.29 is 18.9 Å². The van der Waals surface area contributed by atoms with E-state index in [1.54, 1.807) is 7.11 Å². The van der Waals surface area contributed by atoms with E-state index in [2.05, 4.69) is 0 Å². The predicted molar refractivity (Wildman–Crippen MR) is 44.2 cm³/mol. The normalized spacial score (nSPS) is 7.20. The standard InChI is InChI=1S/C5H12O.BH3.3FH/c1-5(2,3)6-4;;;;/h1-4H3;1H3;3*1H. The third-order valence-electron chi connectivity index (χ3n) is 0.612. The molecule has 0 aliphatic heterocycles. The van der Waals surface area contributed by atoms with E-state index in [1.165, 1.54) is 0 Å². The molecule has 0 spiro atoms. The molecule has 5 heteroatoms. The van der Waals surface area contributed by atoms with Crippen molar-refractivity contribution in [3.8, 4) is 0 Å². The van der Waals surface area contributed by atoms with E-state index in [1.807, 2.05) is 20.8 Å². The average molecular weight is 162 g/mol. The fraction of sp³-hybridized carbons (Fsp3) is 1.00. The third-order valence-corrected chi connectivity index (χ3v) is 0.612. The van der Waals surface area contributed by atoms with E-state index in [9.17, 15) is 0 Å². The van der Waals surface area contributed by atoms with Crippen LogP contribution in [0.2, 0.25) is 0 Å². The Morgan fingerprint density at radius 3 is 1.00 bits per heavy atom. The second-order valence-electron chi connectivity index (χ2n) is 2.32. The summed E-state index contributed by atoms with van der Waals surface area (Å²) in [7, 11) is 1.71. The summed E-state index contributed by atoms with van der Waals surface area (Å²) < 4.78 is 4.94. The van der Waals surface area contributed by atoms with Gasteiger partial charge in [0.2, 0.25) is 0 Å². The summed E-state index contributed by atoms with van der Waals surface area (Å²) in [6.45, 7) is 6.06. The van der Waals surface area contributed by atoms with Crippen molar-refractivity contribution in [3.63, 3.8) is 0 Å². The van der Waals surface area contributed by atoms with Gasteiger partial charge >= 0.3 is 0 Å². The highest BCUT2D eigenvalue weighted by Crippen LogP contribution is 2.02. The molecular weight excluding hydrogens is 144 g/mol. The summed E-state index contributed by atoms with van der Waals surface area (Å²) >= 11 is 0. The third kappa shape index (κ3) is 45.8. The SMILES string of the molecule is B.COC(C)(C)C.F.F.F. The summed E-state index contributed by atoms with van der Waals surface area (Å²) in [4.78, 5) is 0. The minimum Gasteiger partial charge on any atom is -0.379 e. The molecule has 0 heterocycles. The van der Waals surface area contributed by atoms with Gasteiger partial charge in [0.05, 0.1) is 14.0 Å². The summed E-state index contributed by atoms with van der Waals surface area (Å²) in [5.74, 6) is 0. The van der Waals surface area contributed by atoms with Gasteiger partial charge in [0, 0.05) is 7.11 Å². The number of halogens is 3. The van der Waals surface area contributed by atoms with E-state index in [0.717, 1.165) is 0 Å². The van der Waals surface area contributed by atoms with Crippen LogP contribution in [0.1, 0.15) is 20.8 Å². The molecular formula is C5H18BF3O. The first-order valence-corrected chi connectivity index (χ1v) is 2.11. The topological polar surface area (TPSA) is 9.23 Å². The zero-order valence-electron chi connectivity index (χ0n) is 6.13. The molecule has 0 saturated carbocycles. The smallest absolute Gasteiger partial charge is 0.0814 e. The van der Waals surface area contributed by atoms with E-state index in [0.29, 0.717) is 0 Å². The van der Waals surface area contributed by atoms with Crippen LogP contribution in [0.4, 0.5) is 14.1 Å². The van der Waals surface area contributed by atoms with Gasteiger partial charge in [-0.2, -0.15) is 0 Å². The fourth-order valence-electron chi connectivity index (χ4n) is 0. The monoisotopic (exact) mass is 162 g/mol. The summed E-state index contributed by atoms with van der Waals surface area (Å²) in [5, 5.41) is 0. The van der Waals surface area contributed by atoms with Crippen LogP contribution in [-0.4, -0.2) is 21.1 Å². The molecule has 68 valence electrons. The Bertz CT molecular complexity index is 46.6. The highest BCUT2D eigenvalue weighted by molar-refractivity contribution is 5.75. The van der Waals surface area contributed by atoms with Crippen LogP contribution < -0.4 is 0 Å². The van der Waals surface area contributed by atoms with Crippen molar-refractivity contribution in [2.75, 3.05) is 7.11 Å². The van der Waals surface area contributed by atoms with Gasteiger partial charge in [-0.1, -0.05) is 0 Å². The van der Waals surface area contributed by atoms with Crippen molar-refractivity contribution in [1.29, 1.82) is 0 Å². The van der Waals surface area contributed by atoms with Gasteiger partial charge in [-0.3, -0.25) is 14.1 Å². The molecule has 0 radical (unpaired) electrons. The quantitative estimate of drug-likeness (QED) is 0.476. The lowest BCUT2D eigenvalue weighted by molar-refractivity contribution is 0.0397. The van der Waals surface area contributed by atoms with Gasteiger partial charge in [-0.15, -0.1) is 0 Å². The molecule has 0 aliphatic carbocycles. The van der Waals surface area contributed by atoms with E-state index < -0.39 is 0 Å². The molecule has 0 unspecified atom stereocenters. The Morgan fingerprint density at radius 1 is 0.900 bits per heavy atom. The Labute approximate surface area is 61.8 Å². The van der Waals surface area contributed by atoms with Crippen LogP contribution in [0.3, 0.4) is 0 Å². The summed E-state index contributed by atoms with van der Waals surface area (Å²) in [6.07, 6.45) is 0. The van der Waals surface area contributed by atoms with Crippen molar-refractivity contribution in [1.82, 2.24) is 0 Å². The lowest BCUT2D eigenvalue weighted by Gasteiger charge is -2.14. The Hall–Kier alpha value is -0.185. The van der Waals surface area contributed by atoms with Crippen LogP contribution in [0.15, 0.2) is 0 Å². The molecule has 0 bridgehead atoms. The van der Waals surface area contributed by atoms with Crippen molar-refractivity contribution >= 4 is 8.41 Å². The highest BCUT2D eigenvalue weighted by Gasteiger charge is 2.03. The van der Waals surface area contributed by atoms with E-state index in [4.69, 9.17) is 4.74 Å². The van der Waals surface area contributed by atoms with E-state index in [-0.39, 0.29) is 28.1 Å². The second kappa shape index (κ2) is 11.6. The van der Waals surface area contributed by atoms with E-state index >= 15 is 0 Å². The molecule has 0 aromatic rings. The molecule has 0 aromatic carbocycles. The molecule has 0 saturated heterocycles. The van der Waals surface area contributed by atoms with Crippen LogP contribution >= 0.6 is 0 Å². The summed E-state index contributed by atoms with van der Waals surface area (Å²) in [6, 6.07) is 0. The van der Waals surface area contributed by atoms with Crippen LogP contribution in [0.25, 0.3) is 0 Å². The number of hydrogen-bond donors (Lipinski definition) is 0. The zero-order valence-corrected chi connectivity index (χ0v) is 6.13. The number of ether oxygens (including phenoxy) is 1. The minimum absolute atomic E-state index is 0. The maximum atomic E-state index is 4.94. The lowest BCUT2D eigenvalue weighted by atomic mass is 10.2. The van der Waals surface area contributed by atoms with Gasteiger partial charge in [-0.25, -0.2) is 0 Å². The highest BCUT2D eigenvalue weighted by atomic mass is 19.0. The van der Waals surface area contributed by atoms with Gasteiger partial charge in [-0.05, 0) is 20.8 Å². The number of methoxy groups -OCH3 is 1. The largest absolute Gasteiger partial charge is 0.379 e. The first-order chi connectivity index (χ1) is 2.56. The van der Waals surface area contributed by atoms with Crippen LogP contribution in [-0.2, 0) is 4.74 Å². The van der Waals surface area contributed by atoms with Gasteiger partial charge in [0.1, 0.15) is 0 Å². The van der Waals surface area contributed by atoms with Crippen molar-refractivity contribution in [2.24, 2.45) is 0 Å². The van der Waals surface area contributed by atoms with Gasteiger partial charge in [0.15, 0.2) is 0 Å². The maximum Gasteiger partial charge on any atom is 0.0814 e. The second-order valence-corrected chi connectivity index (χ2v) is 2.32. The molecule has 10 heavy (non-hydrogen) atoms. The molecule has 0 N–H and O–H groups in total. The predicted octanol–water partition coefficient (Wildman–Crippen LogP) is 0.705.